The molecule has 3 N–H and O–H groups in total. The second kappa shape index (κ2) is 7.34. The number of aromatic nitrogens is 1. The predicted octanol–water partition coefficient (Wildman–Crippen LogP) is 4.03. The zero-order valence-corrected chi connectivity index (χ0v) is 15.5. The third-order valence-corrected chi connectivity index (χ3v) is 3.67. The topological polar surface area (TPSA) is 108 Å². The lowest BCUT2D eigenvalue weighted by Crippen LogP contribution is -2.02. The average molecular weight is 450 g/mol. The number of rotatable bonds is 4. The first-order valence-electron chi connectivity index (χ1n) is 6.49. The Morgan fingerprint density at radius 1 is 1.29 bits per heavy atom. The highest BCUT2D eigenvalue weighted by Gasteiger charge is 2.18. The van der Waals surface area contributed by atoms with Crippen LogP contribution in [0.5, 0.6) is 11.5 Å². The van der Waals surface area contributed by atoms with Crippen LogP contribution < -0.4 is 15.2 Å². The first-order valence-corrected chi connectivity index (χ1v) is 7.98. The summed E-state index contributed by atoms with van der Waals surface area (Å²) in [5.41, 5.74) is 7.07. The van der Waals surface area contributed by atoms with Gasteiger partial charge >= 0.3 is 0 Å². The van der Waals surface area contributed by atoms with Crippen molar-refractivity contribution >= 4 is 40.6 Å². The molecule has 0 aliphatic heterocycles. The van der Waals surface area contributed by atoms with Crippen molar-refractivity contribution in [3.05, 3.63) is 44.3 Å². The summed E-state index contributed by atoms with van der Waals surface area (Å²) in [4.78, 5) is 2.67. The first kappa shape index (κ1) is 17.8. The number of nitriles is 2. The van der Waals surface area contributed by atoms with Gasteiger partial charge in [0.25, 0.3) is 0 Å². The largest absolute Gasteiger partial charge is 0.493 e. The van der Waals surface area contributed by atoms with Crippen LogP contribution >= 0.6 is 34.8 Å². The highest BCUT2D eigenvalue weighted by atomic mass is 127. The molecule has 24 heavy (non-hydrogen) atoms. The molecular weight excluding hydrogens is 439 g/mol. The number of ether oxygens (including phenoxy) is 2. The lowest BCUT2D eigenvalue weighted by atomic mass is 9.96. The van der Waals surface area contributed by atoms with E-state index in [0.29, 0.717) is 26.4 Å². The van der Waals surface area contributed by atoms with Gasteiger partial charge in [0.05, 0.1) is 12.7 Å². The van der Waals surface area contributed by atoms with Gasteiger partial charge in [-0.1, -0.05) is 18.3 Å². The minimum absolute atomic E-state index is 0.105. The molecule has 0 bridgehead atoms. The van der Waals surface area contributed by atoms with E-state index in [2.05, 4.69) is 11.6 Å². The summed E-state index contributed by atoms with van der Waals surface area (Å²) in [6.45, 7) is 3.69. The molecular formula is C16H11IN4O2S. The Labute approximate surface area is 157 Å². The number of nitrogen functional groups attached to an aromatic ring is 1. The van der Waals surface area contributed by atoms with Crippen LogP contribution in [0, 0.1) is 27.3 Å². The lowest BCUT2D eigenvalue weighted by Gasteiger charge is -2.13. The smallest absolute Gasteiger partial charge is 0.170 e. The summed E-state index contributed by atoms with van der Waals surface area (Å²) >= 11 is 7.07. The van der Waals surface area contributed by atoms with Crippen molar-refractivity contribution in [2.75, 3.05) is 12.8 Å². The van der Waals surface area contributed by atoms with Crippen LogP contribution in [-0.4, -0.2) is 12.1 Å². The monoisotopic (exact) mass is 450 g/mol. The minimum Gasteiger partial charge on any atom is -0.493 e. The number of hydrogen-bond acceptors (Lipinski definition) is 6. The molecule has 8 heteroatoms. The molecule has 0 spiro atoms. The summed E-state index contributed by atoms with van der Waals surface area (Å²) in [7, 11) is 1.51. The Balaban J connectivity index is 2.82. The van der Waals surface area contributed by atoms with E-state index < -0.39 is 0 Å². The number of methoxy groups -OCH3 is 1. The number of H-pyrrole nitrogens is 1. The van der Waals surface area contributed by atoms with Crippen LogP contribution in [0.25, 0.3) is 11.1 Å². The van der Waals surface area contributed by atoms with Crippen molar-refractivity contribution in [2.24, 2.45) is 0 Å². The van der Waals surface area contributed by atoms with Crippen LogP contribution in [0.1, 0.15) is 11.1 Å². The normalized spacial score (nSPS) is 9.67. The van der Waals surface area contributed by atoms with Gasteiger partial charge in [-0.25, -0.2) is 0 Å². The van der Waals surface area contributed by atoms with Crippen LogP contribution in [0.2, 0.25) is 0 Å². The van der Waals surface area contributed by atoms with Crippen molar-refractivity contribution < 1.29 is 9.47 Å². The Hall–Kier alpha value is -2.56. The summed E-state index contributed by atoms with van der Waals surface area (Å²) in [6.07, 6.45) is 0. The molecule has 2 rings (SSSR count). The average Bonchev–Trinajstić information content (AvgIpc) is 2.53. The van der Waals surface area contributed by atoms with E-state index in [-0.39, 0.29) is 21.6 Å². The zero-order chi connectivity index (χ0) is 17.9. The highest BCUT2D eigenvalue weighted by molar-refractivity contribution is 14.1. The Morgan fingerprint density at radius 3 is 2.50 bits per heavy atom. The number of nitrogens with two attached hydrogens (primary N) is 1. The summed E-state index contributed by atoms with van der Waals surface area (Å²) in [5, 5.41) is 18.9. The molecule has 0 radical (unpaired) electrons. The van der Waals surface area contributed by atoms with Gasteiger partial charge in [-0.15, -0.1) is 0 Å². The third-order valence-electron chi connectivity index (χ3n) is 3.14. The standard InChI is InChI=1S/C16H11IN4O2S/c1-8(17)23-13-5-9(3-4-12(13)22-2)14-10(6-18)15(20)21-16(24)11(14)7-19/h3-5H,1H2,2H3,(H3,20,21,24). The fourth-order valence-corrected chi connectivity index (χ4v) is 2.66. The lowest BCUT2D eigenvalue weighted by molar-refractivity contribution is 0.377. The summed E-state index contributed by atoms with van der Waals surface area (Å²) < 4.78 is 11.4. The molecule has 0 amide bonds. The molecule has 0 atom stereocenters. The van der Waals surface area contributed by atoms with Gasteiger partial charge in [-0.05, 0) is 46.9 Å². The number of halogens is 1. The molecule has 0 saturated carbocycles. The summed E-state index contributed by atoms with van der Waals surface area (Å²) in [5.74, 6) is 0.996. The van der Waals surface area contributed by atoms with Gasteiger partial charge in [0.2, 0.25) is 0 Å². The Bertz CT molecular complexity index is 970. The Morgan fingerprint density at radius 2 is 1.96 bits per heavy atom. The number of benzene rings is 1. The second-order valence-corrected chi connectivity index (χ2v) is 6.15. The maximum atomic E-state index is 9.43. The van der Waals surface area contributed by atoms with E-state index in [0.717, 1.165) is 0 Å². The van der Waals surface area contributed by atoms with Gasteiger partial charge in [-0.2, -0.15) is 10.5 Å². The van der Waals surface area contributed by atoms with Gasteiger partial charge in [0.15, 0.2) is 15.3 Å². The molecule has 2 aromatic rings. The van der Waals surface area contributed by atoms with Crippen LogP contribution in [0.15, 0.2) is 28.5 Å². The van der Waals surface area contributed by atoms with Crippen molar-refractivity contribution in [2.45, 2.75) is 0 Å². The molecule has 0 unspecified atom stereocenters. The number of nitrogens with zero attached hydrogens (tertiary/aromatic N) is 2. The van der Waals surface area contributed by atoms with Crippen molar-refractivity contribution in [1.82, 2.24) is 4.98 Å². The van der Waals surface area contributed by atoms with Crippen molar-refractivity contribution in [3.8, 4) is 34.8 Å². The molecule has 0 aliphatic rings. The summed E-state index contributed by atoms with van der Waals surface area (Å²) in [6, 6.07) is 9.05. The van der Waals surface area contributed by atoms with E-state index in [1.165, 1.54) is 7.11 Å². The van der Waals surface area contributed by atoms with E-state index in [9.17, 15) is 10.5 Å². The molecule has 120 valence electrons. The quantitative estimate of drug-likeness (QED) is 0.414. The van der Waals surface area contributed by atoms with Crippen molar-refractivity contribution in [3.63, 3.8) is 0 Å². The fourth-order valence-electron chi connectivity index (χ4n) is 2.16. The molecule has 1 aromatic carbocycles. The van der Waals surface area contributed by atoms with E-state index in [1.54, 1.807) is 18.2 Å². The van der Waals surface area contributed by atoms with E-state index in [4.69, 9.17) is 27.4 Å². The minimum atomic E-state index is 0.105. The van der Waals surface area contributed by atoms with Crippen LogP contribution in [-0.2, 0) is 0 Å². The number of pyridine rings is 1. The first-order chi connectivity index (χ1) is 11.4. The maximum Gasteiger partial charge on any atom is 0.170 e. The number of nitrogens with one attached hydrogen (secondary N) is 1. The zero-order valence-electron chi connectivity index (χ0n) is 12.5. The van der Waals surface area contributed by atoms with Gasteiger partial charge in [0, 0.05) is 5.56 Å². The molecule has 6 nitrogen and oxygen atoms in total. The number of hydrogen-bond donors (Lipinski definition) is 2. The molecule has 0 saturated heterocycles. The van der Waals surface area contributed by atoms with Crippen LogP contribution in [0.3, 0.4) is 0 Å². The van der Waals surface area contributed by atoms with Crippen LogP contribution in [0.4, 0.5) is 5.82 Å². The van der Waals surface area contributed by atoms with Gasteiger partial charge in [0.1, 0.15) is 28.2 Å². The molecule has 1 aromatic heterocycles. The molecule has 1 heterocycles. The number of aromatic amines is 1. The van der Waals surface area contributed by atoms with Crippen molar-refractivity contribution in [1.29, 1.82) is 10.5 Å². The second-order valence-electron chi connectivity index (χ2n) is 4.54. The fraction of sp³-hybridized carbons (Fsp3) is 0.0625. The maximum absolute atomic E-state index is 9.43. The van der Waals surface area contributed by atoms with E-state index in [1.807, 2.05) is 34.7 Å². The van der Waals surface area contributed by atoms with Gasteiger partial charge < -0.3 is 20.2 Å². The molecule has 0 fully saturated rings. The van der Waals surface area contributed by atoms with E-state index >= 15 is 0 Å². The number of anilines is 1. The van der Waals surface area contributed by atoms with Gasteiger partial charge in [-0.3, -0.25) is 0 Å². The SMILES string of the molecule is C=C(I)Oc1cc(-c2c(C#N)c(N)[nH]c(=S)c2C#N)ccc1OC. The predicted molar refractivity (Wildman–Crippen MR) is 101 cm³/mol. The Kier molecular flexibility index (Phi) is 5.44. The molecule has 0 aliphatic carbocycles. The highest BCUT2D eigenvalue weighted by Crippen LogP contribution is 2.37. The third kappa shape index (κ3) is 3.35.